The average Bonchev–Trinajstić information content (AvgIpc) is 3.28. The van der Waals surface area contributed by atoms with Gasteiger partial charge in [0, 0.05) is 43.1 Å². The number of amides is 1. The molecule has 134 valence electrons. The van der Waals surface area contributed by atoms with Crippen molar-refractivity contribution in [3.8, 4) is 11.3 Å². The van der Waals surface area contributed by atoms with Crippen molar-refractivity contribution in [1.29, 1.82) is 0 Å². The van der Waals surface area contributed by atoms with E-state index >= 15 is 0 Å². The fourth-order valence-electron chi connectivity index (χ4n) is 3.18. The van der Waals surface area contributed by atoms with Gasteiger partial charge in [-0.15, -0.1) is 0 Å². The maximum absolute atomic E-state index is 13.3. The van der Waals surface area contributed by atoms with Crippen LogP contribution in [0.4, 0.5) is 0 Å². The number of hydrogen-bond acceptors (Lipinski definition) is 5. The van der Waals surface area contributed by atoms with Crippen molar-refractivity contribution in [3.63, 3.8) is 0 Å². The maximum atomic E-state index is 13.3. The Morgan fingerprint density at radius 2 is 2.23 bits per heavy atom. The summed E-state index contributed by atoms with van der Waals surface area (Å²) in [6.07, 6.45) is 3.47. The van der Waals surface area contributed by atoms with Crippen molar-refractivity contribution < 1.29 is 9.21 Å². The van der Waals surface area contributed by atoms with E-state index < -0.39 is 0 Å². The summed E-state index contributed by atoms with van der Waals surface area (Å²) in [5.74, 6) is 3.45. The number of rotatable bonds is 3. The van der Waals surface area contributed by atoms with Crippen molar-refractivity contribution >= 4 is 17.7 Å². The molecule has 0 radical (unpaired) electrons. The summed E-state index contributed by atoms with van der Waals surface area (Å²) in [7, 11) is 1.80. The lowest BCUT2D eigenvalue weighted by atomic mass is 10.1. The van der Waals surface area contributed by atoms with Crippen molar-refractivity contribution in [2.75, 3.05) is 18.1 Å². The van der Waals surface area contributed by atoms with Gasteiger partial charge in [-0.05, 0) is 37.3 Å². The third kappa shape index (κ3) is 3.14. The second-order valence-corrected chi connectivity index (χ2v) is 7.47. The standard InChI is InChI=1S/C19H20N4O2S/c1-13-5-6-18(25-13)17-12-26-9-8-23(17)19(24)16-10-15(21-22(16)2)14-4-3-7-20-11-14/h3-7,10-11,17H,8-9,12H2,1-2H3. The van der Waals surface area contributed by atoms with Crippen LogP contribution in [-0.2, 0) is 7.05 Å². The van der Waals surface area contributed by atoms with Crippen LogP contribution in [0.15, 0.2) is 47.1 Å². The zero-order chi connectivity index (χ0) is 18.1. The molecule has 1 unspecified atom stereocenters. The molecule has 7 heteroatoms. The fourth-order valence-corrected chi connectivity index (χ4v) is 4.24. The predicted molar refractivity (Wildman–Crippen MR) is 101 cm³/mol. The number of carbonyl (C=O) groups excluding carboxylic acids is 1. The van der Waals surface area contributed by atoms with E-state index in [1.54, 1.807) is 24.1 Å². The molecule has 26 heavy (non-hydrogen) atoms. The first-order valence-corrected chi connectivity index (χ1v) is 9.68. The van der Waals surface area contributed by atoms with Crippen LogP contribution < -0.4 is 0 Å². The van der Waals surface area contributed by atoms with E-state index in [-0.39, 0.29) is 11.9 Å². The number of aromatic nitrogens is 3. The minimum Gasteiger partial charge on any atom is -0.464 e. The Morgan fingerprint density at radius 3 is 2.96 bits per heavy atom. The Hall–Kier alpha value is -2.54. The number of hydrogen-bond donors (Lipinski definition) is 0. The van der Waals surface area contributed by atoms with Gasteiger partial charge in [-0.3, -0.25) is 14.5 Å². The first kappa shape index (κ1) is 16.9. The molecule has 3 aromatic heterocycles. The number of furan rings is 1. The molecule has 0 aliphatic carbocycles. The molecule has 4 heterocycles. The van der Waals surface area contributed by atoms with Crippen LogP contribution in [0, 0.1) is 6.92 Å². The fraction of sp³-hybridized carbons (Fsp3) is 0.316. The summed E-state index contributed by atoms with van der Waals surface area (Å²) in [4.78, 5) is 19.3. The summed E-state index contributed by atoms with van der Waals surface area (Å²) in [6.45, 7) is 2.62. The highest BCUT2D eigenvalue weighted by Crippen LogP contribution is 2.32. The van der Waals surface area contributed by atoms with Crippen molar-refractivity contribution in [2.45, 2.75) is 13.0 Å². The van der Waals surface area contributed by atoms with Crippen LogP contribution in [0.25, 0.3) is 11.3 Å². The predicted octanol–water partition coefficient (Wildman–Crippen LogP) is 3.31. The van der Waals surface area contributed by atoms with Gasteiger partial charge in [0.15, 0.2) is 0 Å². The van der Waals surface area contributed by atoms with E-state index in [1.165, 1.54) is 0 Å². The second kappa shape index (κ2) is 6.99. The first-order chi connectivity index (χ1) is 12.6. The van der Waals surface area contributed by atoms with E-state index in [4.69, 9.17) is 4.42 Å². The molecule has 0 bridgehead atoms. The minimum absolute atomic E-state index is 0.0190. The van der Waals surface area contributed by atoms with Crippen LogP contribution in [0.2, 0.25) is 0 Å². The lowest BCUT2D eigenvalue weighted by Gasteiger charge is -2.34. The largest absolute Gasteiger partial charge is 0.464 e. The zero-order valence-corrected chi connectivity index (χ0v) is 15.6. The summed E-state index contributed by atoms with van der Waals surface area (Å²) in [5.41, 5.74) is 2.22. The topological polar surface area (TPSA) is 64.2 Å². The summed E-state index contributed by atoms with van der Waals surface area (Å²) in [5, 5.41) is 4.50. The average molecular weight is 368 g/mol. The molecule has 0 N–H and O–H groups in total. The van der Waals surface area contributed by atoms with E-state index in [1.807, 2.05) is 53.9 Å². The van der Waals surface area contributed by atoms with Gasteiger partial charge in [0.2, 0.25) is 0 Å². The number of aryl methyl sites for hydroxylation is 2. The SMILES string of the molecule is Cc1ccc(C2CSCCN2C(=O)c2cc(-c3cccnc3)nn2C)o1. The smallest absolute Gasteiger partial charge is 0.272 e. The Bertz CT molecular complexity index is 919. The normalized spacial score (nSPS) is 17.5. The van der Waals surface area contributed by atoms with Crippen molar-refractivity contribution in [3.05, 3.63) is 59.9 Å². The van der Waals surface area contributed by atoms with Gasteiger partial charge in [-0.1, -0.05) is 0 Å². The van der Waals surface area contributed by atoms with Crippen LogP contribution >= 0.6 is 11.8 Å². The molecule has 3 aromatic rings. The van der Waals surface area contributed by atoms with E-state index in [2.05, 4.69) is 10.1 Å². The molecular weight excluding hydrogens is 348 g/mol. The molecule has 1 aliphatic rings. The molecule has 1 fully saturated rings. The van der Waals surface area contributed by atoms with E-state index in [0.717, 1.165) is 34.3 Å². The zero-order valence-electron chi connectivity index (χ0n) is 14.8. The number of nitrogens with zero attached hydrogens (tertiary/aromatic N) is 4. The monoisotopic (exact) mass is 368 g/mol. The molecule has 0 spiro atoms. The third-order valence-corrected chi connectivity index (χ3v) is 5.56. The molecule has 1 saturated heterocycles. The molecule has 1 atom stereocenters. The second-order valence-electron chi connectivity index (χ2n) is 6.32. The van der Waals surface area contributed by atoms with Gasteiger partial charge < -0.3 is 9.32 Å². The first-order valence-electron chi connectivity index (χ1n) is 8.53. The summed E-state index contributed by atoms with van der Waals surface area (Å²) >= 11 is 1.85. The molecule has 6 nitrogen and oxygen atoms in total. The highest BCUT2D eigenvalue weighted by Gasteiger charge is 2.32. The summed E-state index contributed by atoms with van der Waals surface area (Å²) < 4.78 is 7.46. The van der Waals surface area contributed by atoms with Crippen LogP contribution in [0.5, 0.6) is 0 Å². The Kier molecular flexibility index (Phi) is 4.55. The summed E-state index contributed by atoms with van der Waals surface area (Å²) in [6, 6.07) is 9.51. The van der Waals surface area contributed by atoms with Gasteiger partial charge in [0.1, 0.15) is 17.2 Å². The van der Waals surface area contributed by atoms with Crippen LogP contribution in [0.1, 0.15) is 28.1 Å². The van der Waals surface area contributed by atoms with Crippen molar-refractivity contribution in [2.24, 2.45) is 7.05 Å². The Labute approximate surface area is 156 Å². The molecular formula is C19H20N4O2S. The number of thioether (sulfide) groups is 1. The van der Waals surface area contributed by atoms with Gasteiger partial charge >= 0.3 is 0 Å². The lowest BCUT2D eigenvalue weighted by Crippen LogP contribution is -2.41. The van der Waals surface area contributed by atoms with Gasteiger partial charge in [-0.2, -0.15) is 16.9 Å². The van der Waals surface area contributed by atoms with E-state index in [0.29, 0.717) is 12.2 Å². The molecule has 4 rings (SSSR count). The van der Waals surface area contributed by atoms with Crippen LogP contribution in [-0.4, -0.2) is 43.6 Å². The third-order valence-electron chi connectivity index (χ3n) is 4.54. The van der Waals surface area contributed by atoms with Crippen LogP contribution in [0.3, 0.4) is 0 Å². The van der Waals surface area contributed by atoms with Crippen molar-refractivity contribution in [1.82, 2.24) is 19.7 Å². The lowest BCUT2D eigenvalue weighted by molar-refractivity contribution is 0.0670. The quantitative estimate of drug-likeness (QED) is 0.710. The number of pyridine rings is 1. The molecule has 1 amide bonds. The number of carbonyl (C=O) groups is 1. The van der Waals surface area contributed by atoms with Gasteiger partial charge in [0.05, 0.1) is 11.7 Å². The Balaban J connectivity index is 1.65. The highest BCUT2D eigenvalue weighted by molar-refractivity contribution is 7.99. The maximum Gasteiger partial charge on any atom is 0.272 e. The van der Waals surface area contributed by atoms with E-state index in [9.17, 15) is 4.79 Å². The highest BCUT2D eigenvalue weighted by atomic mass is 32.2. The molecule has 0 saturated carbocycles. The van der Waals surface area contributed by atoms with Gasteiger partial charge in [0.25, 0.3) is 5.91 Å². The molecule has 1 aliphatic heterocycles. The Morgan fingerprint density at radius 1 is 1.35 bits per heavy atom. The minimum atomic E-state index is -0.0494. The molecule has 0 aromatic carbocycles. The van der Waals surface area contributed by atoms with Gasteiger partial charge in [-0.25, -0.2) is 0 Å².